The van der Waals surface area contributed by atoms with Crippen LogP contribution < -0.4 is 0 Å². The van der Waals surface area contributed by atoms with Crippen molar-refractivity contribution < 1.29 is 0 Å². The van der Waals surface area contributed by atoms with Gasteiger partial charge in [0.1, 0.15) is 0 Å². The van der Waals surface area contributed by atoms with Crippen molar-refractivity contribution in [1.82, 2.24) is 25.0 Å². The Morgan fingerprint density at radius 1 is 0.720 bits per heavy atom. The molecule has 5 nitrogen and oxygen atoms in total. The van der Waals surface area contributed by atoms with Crippen LogP contribution in [0.4, 0.5) is 0 Å². The average Bonchev–Trinajstić information content (AvgIpc) is 3.15. The average molecular weight is 325 g/mol. The molecule has 25 heavy (non-hydrogen) atoms. The number of rotatable bonds is 4. The van der Waals surface area contributed by atoms with Gasteiger partial charge in [0.2, 0.25) is 0 Å². The van der Waals surface area contributed by atoms with Crippen molar-refractivity contribution in [3.8, 4) is 0 Å². The molecule has 0 fully saturated rings. The first-order valence-electron chi connectivity index (χ1n) is 7.94. The largest absolute Gasteiger partial charge is 0.274 e. The van der Waals surface area contributed by atoms with Crippen LogP contribution in [0.2, 0.25) is 0 Å². The SMILES string of the molecule is C(=C/c1cc(/C=C/c2ccccc2)n2nnnc2n1)/c1ccccc1. The van der Waals surface area contributed by atoms with Crippen molar-refractivity contribution in [2.45, 2.75) is 0 Å². The van der Waals surface area contributed by atoms with Crippen molar-refractivity contribution in [2.24, 2.45) is 0 Å². The maximum atomic E-state index is 4.47. The van der Waals surface area contributed by atoms with Crippen LogP contribution in [0, 0.1) is 0 Å². The van der Waals surface area contributed by atoms with Crippen LogP contribution in [0.25, 0.3) is 30.1 Å². The number of nitrogens with zero attached hydrogens (tertiary/aromatic N) is 5. The van der Waals surface area contributed by atoms with Crippen molar-refractivity contribution in [3.63, 3.8) is 0 Å². The zero-order valence-electron chi connectivity index (χ0n) is 13.4. The van der Waals surface area contributed by atoms with Crippen LogP contribution in [0.3, 0.4) is 0 Å². The Morgan fingerprint density at radius 2 is 1.36 bits per heavy atom. The van der Waals surface area contributed by atoms with E-state index in [1.54, 1.807) is 4.52 Å². The Bertz CT molecular complexity index is 1030. The Morgan fingerprint density at radius 3 is 2.04 bits per heavy atom. The van der Waals surface area contributed by atoms with Gasteiger partial charge in [-0.1, -0.05) is 77.9 Å². The van der Waals surface area contributed by atoms with Gasteiger partial charge in [-0.15, -0.1) is 0 Å². The zero-order valence-corrected chi connectivity index (χ0v) is 13.4. The van der Waals surface area contributed by atoms with Crippen LogP contribution in [-0.2, 0) is 0 Å². The molecule has 0 unspecified atom stereocenters. The highest BCUT2D eigenvalue weighted by Gasteiger charge is 2.05. The molecule has 4 aromatic rings. The van der Waals surface area contributed by atoms with Crippen molar-refractivity contribution in [2.75, 3.05) is 0 Å². The van der Waals surface area contributed by atoms with Gasteiger partial charge in [0, 0.05) is 0 Å². The molecule has 0 bridgehead atoms. The third-order valence-corrected chi connectivity index (χ3v) is 3.71. The van der Waals surface area contributed by atoms with E-state index in [0.29, 0.717) is 5.78 Å². The molecule has 0 saturated heterocycles. The monoisotopic (exact) mass is 325 g/mol. The Hall–Kier alpha value is -3.60. The molecule has 0 radical (unpaired) electrons. The molecule has 0 N–H and O–H groups in total. The molecule has 2 aromatic heterocycles. The maximum absolute atomic E-state index is 4.47. The second-order valence-corrected chi connectivity index (χ2v) is 5.48. The van der Waals surface area contributed by atoms with Gasteiger partial charge in [0.05, 0.1) is 11.4 Å². The summed E-state index contributed by atoms with van der Waals surface area (Å²) in [6.45, 7) is 0. The molecule has 4 rings (SSSR count). The summed E-state index contributed by atoms with van der Waals surface area (Å²) in [6, 6.07) is 22.2. The van der Waals surface area contributed by atoms with Crippen molar-refractivity contribution in [1.29, 1.82) is 0 Å². The number of benzene rings is 2. The lowest BCUT2D eigenvalue weighted by Crippen LogP contribution is -1.98. The van der Waals surface area contributed by atoms with Crippen molar-refractivity contribution >= 4 is 30.1 Å². The predicted molar refractivity (Wildman–Crippen MR) is 99.3 cm³/mol. The second kappa shape index (κ2) is 6.88. The van der Waals surface area contributed by atoms with Crippen LogP contribution in [0.1, 0.15) is 22.5 Å². The molecule has 0 atom stereocenters. The third-order valence-electron chi connectivity index (χ3n) is 3.71. The van der Waals surface area contributed by atoms with E-state index in [2.05, 4.69) is 20.5 Å². The second-order valence-electron chi connectivity index (χ2n) is 5.48. The number of tetrazole rings is 1. The highest BCUT2D eigenvalue weighted by atomic mass is 15.5. The molecule has 0 saturated carbocycles. The maximum Gasteiger partial charge on any atom is 0.274 e. The minimum absolute atomic E-state index is 0.475. The Labute approximate surface area is 145 Å². The van der Waals surface area contributed by atoms with Crippen molar-refractivity contribution in [3.05, 3.63) is 89.2 Å². The zero-order chi connectivity index (χ0) is 16.9. The summed E-state index contributed by atoms with van der Waals surface area (Å²) < 4.78 is 1.62. The lowest BCUT2D eigenvalue weighted by Gasteiger charge is -2.00. The van der Waals surface area contributed by atoms with E-state index in [-0.39, 0.29) is 0 Å². The van der Waals surface area contributed by atoms with Crippen LogP contribution in [0.15, 0.2) is 66.7 Å². The molecule has 0 amide bonds. The van der Waals surface area contributed by atoms with E-state index in [1.807, 2.05) is 91.0 Å². The summed E-state index contributed by atoms with van der Waals surface area (Å²) >= 11 is 0. The summed E-state index contributed by atoms with van der Waals surface area (Å²) in [4.78, 5) is 4.47. The highest BCUT2D eigenvalue weighted by molar-refractivity contribution is 5.72. The van der Waals surface area contributed by atoms with Gasteiger partial charge in [0.15, 0.2) is 0 Å². The number of hydrogen-bond donors (Lipinski definition) is 0. The first-order chi connectivity index (χ1) is 12.4. The lowest BCUT2D eigenvalue weighted by atomic mass is 10.2. The minimum Gasteiger partial charge on any atom is -0.210 e. The molecular formula is C20H15N5. The summed E-state index contributed by atoms with van der Waals surface area (Å²) in [6.07, 6.45) is 8.00. The predicted octanol–water partition coefficient (Wildman–Crippen LogP) is 3.86. The molecule has 0 aliphatic carbocycles. The van der Waals surface area contributed by atoms with Gasteiger partial charge in [-0.3, -0.25) is 0 Å². The Balaban J connectivity index is 1.70. The summed E-state index contributed by atoms with van der Waals surface area (Å²) in [5.74, 6) is 0.475. The van der Waals surface area contributed by atoms with Gasteiger partial charge in [-0.05, 0) is 39.8 Å². The molecule has 120 valence electrons. The molecular weight excluding hydrogens is 310 g/mol. The fourth-order valence-corrected chi connectivity index (χ4v) is 2.48. The Kier molecular flexibility index (Phi) is 4.12. The van der Waals surface area contributed by atoms with Gasteiger partial charge in [-0.25, -0.2) is 4.98 Å². The van der Waals surface area contributed by atoms with E-state index in [4.69, 9.17) is 0 Å². The first kappa shape index (κ1) is 15.0. The fourth-order valence-electron chi connectivity index (χ4n) is 2.48. The summed E-state index contributed by atoms with van der Waals surface area (Å²) in [7, 11) is 0. The summed E-state index contributed by atoms with van der Waals surface area (Å²) in [5.41, 5.74) is 3.90. The van der Waals surface area contributed by atoms with E-state index < -0.39 is 0 Å². The smallest absolute Gasteiger partial charge is 0.210 e. The molecule has 0 aliphatic rings. The van der Waals surface area contributed by atoms with E-state index in [9.17, 15) is 0 Å². The van der Waals surface area contributed by atoms with E-state index >= 15 is 0 Å². The number of aromatic nitrogens is 5. The lowest BCUT2D eigenvalue weighted by molar-refractivity contribution is 0.815. The highest BCUT2D eigenvalue weighted by Crippen LogP contribution is 2.12. The van der Waals surface area contributed by atoms with Crippen LogP contribution in [0.5, 0.6) is 0 Å². The van der Waals surface area contributed by atoms with Gasteiger partial charge < -0.3 is 0 Å². The van der Waals surface area contributed by atoms with Gasteiger partial charge in [-0.2, -0.15) is 4.52 Å². The molecule has 5 heteroatoms. The molecule has 0 spiro atoms. The quantitative estimate of drug-likeness (QED) is 0.572. The first-order valence-corrected chi connectivity index (χ1v) is 7.94. The van der Waals surface area contributed by atoms with Crippen LogP contribution >= 0.6 is 0 Å². The van der Waals surface area contributed by atoms with Gasteiger partial charge in [0.25, 0.3) is 5.78 Å². The minimum atomic E-state index is 0.475. The topological polar surface area (TPSA) is 56.0 Å². The van der Waals surface area contributed by atoms with E-state index in [1.165, 1.54) is 0 Å². The number of fused-ring (bicyclic) bond motifs is 1. The molecule has 2 heterocycles. The fraction of sp³-hybridized carbons (Fsp3) is 0. The molecule has 0 aliphatic heterocycles. The number of hydrogen-bond acceptors (Lipinski definition) is 4. The third kappa shape index (κ3) is 3.50. The van der Waals surface area contributed by atoms with E-state index in [0.717, 1.165) is 22.5 Å². The summed E-state index contributed by atoms with van der Waals surface area (Å²) in [5, 5.41) is 11.7. The molecule has 2 aromatic carbocycles. The van der Waals surface area contributed by atoms with Crippen LogP contribution in [-0.4, -0.2) is 25.0 Å². The van der Waals surface area contributed by atoms with Gasteiger partial charge >= 0.3 is 0 Å². The normalized spacial score (nSPS) is 11.7. The standard InChI is InChI=1S/C20H15N5/c1-3-7-16(8-4-1)11-13-18-15-19(25-20(21-18)22-23-24-25)14-12-17-9-5-2-6-10-17/h1-15H/b13-11-,14-12+.